The monoisotopic (exact) mass is 961 g/mol. The molecule has 0 radical (unpaired) electrons. The lowest BCUT2D eigenvalue weighted by atomic mass is 9.91. The fourth-order valence-corrected chi connectivity index (χ4v) is 25.8. The molecule has 0 spiro atoms. The van der Waals surface area contributed by atoms with E-state index in [0.29, 0.717) is 0 Å². The van der Waals surface area contributed by atoms with Gasteiger partial charge in [0.1, 0.15) is 31.2 Å². The number of nitrogens with zero attached hydrogens (tertiary/aromatic N) is 1. The van der Waals surface area contributed by atoms with Crippen molar-refractivity contribution in [1.82, 2.24) is 0 Å². The van der Waals surface area contributed by atoms with Crippen LogP contribution in [-0.4, -0.2) is 49.0 Å². The number of allylic oxidation sites excluding steroid dienone is 6. The van der Waals surface area contributed by atoms with Gasteiger partial charge in [0.05, 0.1) is 13.2 Å². The van der Waals surface area contributed by atoms with Crippen LogP contribution in [0.5, 0.6) is 11.5 Å². The molecule has 0 aliphatic carbocycles. The van der Waals surface area contributed by atoms with Crippen LogP contribution in [0.25, 0.3) is 55.1 Å². The van der Waals surface area contributed by atoms with Gasteiger partial charge in [0.15, 0.2) is 8.32 Å². The van der Waals surface area contributed by atoms with Crippen molar-refractivity contribution in [3.05, 3.63) is 122 Å². The van der Waals surface area contributed by atoms with Crippen molar-refractivity contribution >= 4 is 92.7 Å². The molecule has 0 saturated carbocycles. The van der Waals surface area contributed by atoms with Crippen LogP contribution in [0.2, 0.25) is 32.7 Å². The minimum Gasteiger partial charge on any atom is -0.494 e. The van der Waals surface area contributed by atoms with Gasteiger partial charge < -0.3 is 18.7 Å². The molecule has 0 fully saturated rings. The number of carboxylic acids is 1. The van der Waals surface area contributed by atoms with E-state index in [0.717, 1.165) is 48.0 Å². The zero-order valence-corrected chi connectivity index (χ0v) is 43.9. The van der Waals surface area contributed by atoms with Crippen molar-refractivity contribution in [2.24, 2.45) is 0 Å². The van der Waals surface area contributed by atoms with Crippen molar-refractivity contribution in [2.45, 2.75) is 97.9 Å². The number of ether oxygens (including phenoxy) is 2. The first kappa shape index (κ1) is 46.1. The Kier molecular flexibility index (Phi) is 12.9. The number of carboxylic acid groups (broad SMARTS) is 1. The Bertz CT molecular complexity index is 2920. The van der Waals surface area contributed by atoms with E-state index in [9.17, 15) is 15.2 Å². The Labute approximate surface area is 401 Å². The zero-order valence-electron chi connectivity index (χ0n) is 39.2. The highest BCUT2D eigenvalue weighted by Gasteiger charge is 2.55. The highest BCUT2D eigenvalue weighted by atomic mass is 32.1. The van der Waals surface area contributed by atoms with Crippen LogP contribution in [0, 0.1) is 11.3 Å². The van der Waals surface area contributed by atoms with Crippen molar-refractivity contribution in [3.63, 3.8) is 0 Å². The lowest BCUT2D eigenvalue weighted by Gasteiger charge is -2.43. The molecule has 0 bridgehead atoms. The molecule has 2 aromatic heterocycles. The van der Waals surface area contributed by atoms with Crippen molar-refractivity contribution < 1.29 is 23.5 Å². The number of aliphatic carboxylic acids is 1. The summed E-state index contributed by atoms with van der Waals surface area (Å²) in [4.78, 5) is 16.3. The smallest absolute Gasteiger partial charge is 0.346 e. The van der Waals surface area contributed by atoms with Gasteiger partial charge in [0.25, 0.3) is 8.32 Å². The Hall–Kier alpha value is -5.07. The molecule has 338 valence electrons. The van der Waals surface area contributed by atoms with Gasteiger partial charge in [-0.15, -0.1) is 22.7 Å². The van der Waals surface area contributed by atoms with Crippen molar-refractivity contribution in [1.29, 1.82) is 5.26 Å². The van der Waals surface area contributed by atoms with Crippen LogP contribution < -0.4 is 25.0 Å². The van der Waals surface area contributed by atoms with Gasteiger partial charge in [-0.25, -0.2) is 4.79 Å². The summed E-state index contributed by atoms with van der Waals surface area (Å²) in [5.74, 6) is 0.601. The third-order valence-electron chi connectivity index (χ3n) is 13.2. The largest absolute Gasteiger partial charge is 0.494 e. The van der Waals surface area contributed by atoms with E-state index in [4.69, 9.17) is 13.6 Å². The topological polar surface area (TPSA) is 88.8 Å². The third-order valence-corrected chi connectivity index (χ3v) is 26.7. The molecule has 0 amide bonds. The van der Waals surface area contributed by atoms with E-state index in [1.807, 2.05) is 17.4 Å². The maximum absolute atomic E-state index is 11.8. The predicted molar refractivity (Wildman–Crippen MR) is 285 cm³/mol. The summed E-state index contributed by atoms with van der Waals surface area (Å²) >= 11 is 3.44. The quantitative estimate of drug-likeness (QED) is 0.0384. The number of benzene rings is 3. The number of hydrogen-bond acceptors (Lipinski definition) is 7. The average Bonchev–Trinajstić information content (AvgIpc) is 4.05. The van der Waals surface area contributed by atoms with Crippen LogP contribution in [0.3, 0.4) is 0 Å². The van der Waals surface area contributed by atoms with Crippen LogP contribution in [0.15, 0.2) is 101 Å². The highest BCUT2D eigenvalue weighted by Crippen LogP contribution is 2.51. The average molecular weight is 962 g/mol. The lowest BCUT2D eigenvalue weighted by molar-refractivity contribution is -0.132. The van der Waals surface area contributed by atoms with Crippen LogP contribution in [0.4, 0.5) is 0 Å². The molecular formula is C55H59NO5S2Si3. The summed E-state index contributed by atoms with van der Waals surface area (Å²) in [6, 6.07) is 26.3. The van der Waals surface area contributed by atoms with E-state index >= 15 is 0 Å². The second kappa shape index (κ2) is 18.5. The maximum Gasteiger partial charge on any atom is 0.346 e. The molecular weight excluding hydrogens is 903 g/mol. The predicted octanol–water partition coefficient (Wildman–Crippen LogP) is 13.4. The van der Waals surface area contributed by atoms with Crippen LogP contribution in [0.1, 0.15) is 86.8 Å². The van der Waals surface area contributed by atoms with Crippen molar-refractivity contribution in [3.8, 4) is 48.9 Å². The maximum atomic E-state index is 11.8. The van der Waals surface area contributed by atoms with Crippen LogP contribution in [-0.2, 0) is 8.91 Å². The van der Waals surface area contributed by atoms with E-state index in [-0.39, 0.29) is 5.57 Å². The summed E-state index contributed by atoms with van der Waals surface area (Å²) in [5.41, 5.74) is 8.19. The summed E-state index contributed by atoms with van der Waals surface area (Å²) in [5, 5.41) is 25.9. The molecule has 11 heteroatoms. The summed E-state index contributed by atoms with van der Waals surface area (Å²) in [7, 11) is -7.37. The number of carbonyl (C=O) groups is 1. The van der Waals surface area contributed by atoms with Gasteiger partial charge >= 0.3 is 5.97 Å². The Morgan fingerprint density at radius 1 is 0.742 bits per heavy atom. The molecule has 6 nitrogen and oxygen atoms in total. The first-order valence-electron chi connectivity index (χ1n) is 23.6. The van der Waals surface area contributed by atoms with Gasteiger partial charge in [0, 0.05) is 19.5 Å². The standard InChI is InChI=1S/C55H59NO5S2Si3/c1-8-10-12-14-28-59-39-20-16-36(17-21-39)45-33-47(48-34-51-53(63-48)52-50(65(51,6)7)31-41(62-52)30-38(35-56)55(57)58)44-25-24-42-32-46(37-18-22-40(23-19-37)60-29-15-13-11-9-2)49-27-26-43(45)54(44)66(42,49)61-64(3,4)5/h16-27,30-34H,8-15,28-29H2,1-7H3,(H,57,58)/b38-30+. The first-order valence-corrected chi connectivity index (χ1v) is 33.6. The van der Waals surface area contributed by atoms with Gasteiger partial charge in [0.2, 0.25) is 0 Å². The number of unbranched alkanes of at least 4 members (excludes halogenated alkanes) is 6. The number of fused-ring (bicyclic) bond motifs is 3. The normalized spacial score (nSPS) is 17.4. The number of hydrogen-bond donors (Lipinski definition) is 1. The molecule has 66 heavy (non-hydrogen) atoms. The molecule has 4 aliphatic heterocycles. The molecule has 1 N–H and O–H groups in total. The second-order valence-electron chi connectivity index (χ2n) is 19.4. The molecule has 9 rings (SSSR count). The molecule has 3 aromatic carbocycles. The highest BCUT2D eigenvalue weighted by molar-refractivity contribution is 7.30. The molecule has 6 heterocycles. The lowest BCUT2D eigenvalue weighted by Crippen LogP contribution is -2.61. The number of rotatable bonds is 19. The summed E-state index contributed by atoms with van der Waals surface area (Å²) in [6.45, 7) is 17.7. The van der Waals surface area contributed by atoms with E-state index < -0.39 is 30.7 Å². The molecule has 4 aliphatic rings. The van der Waals surface area contributed by atoms with Gasteiger partial charge in [-0.1, -0.05) is 120 Å². The molecule has 5 aromatic rings. The van der Waals surface area contributed by atoms with Crippen molar-refractivity contribution in [2.75, 3.05) is 13.2 Å². The second-order valence-corrected chi connectivity index (χ2v) is 33.9. The number of thiophene rings is 2. The Balaban J connectivity index is 1.20. The fraction of sp³-hybridized carbons (Fsp3) is 0.309. The Morgan fingerprint density at radius 3 is 1.94 bits per heavy atom. The SMILES string of the molecule is CCCCCCOc1ccc(C2=C3C=Cc4c(-c5ccc(OCCCCCC)cc5)cc(-c5cc6c(s5)-c5sc(/C=C(\C#N)C(=O)O)cc5[Si]6(C)C)c5c4[Si]3(O[Si](C)(C)C)C(=C2)C=C5)cc1. The van der Waals surface area contributed by atoms with Gasteiger partial charge in [-0.3, -0.25) is 0 Å². The van der Waals surface area contributed by atoms with Crippen LogP contribution >= 0.6 is 22.7 Å². The molecule has 0 saturated heterocycles. The molecule has 1 unspecified atom stereocenters. The minimum atomic E-state index is -3.03. The summed E-state index contributed by atoms with van der Waals surface area (Å²) < 4.78 is 20.3. The first-order chi connectivity index (χ1) is 31.8. The third kappa shape index (κ3) is 8.46. The van der Waals surface area contributed by atoms with E-state index in [1.54, 1.807) is 11.3 Å². The van der Waals surface area contributed by atoms with Gasteiger partial charge in [-0.05, 0) is 146 Å². The Morgan fingerprint density at radius 2 is 1.33 bits per heavy atom. The molecule has 1 atom stereocenters. The number of nitriles is 1. The van der Waals surface area contributed by atoms with Gasteiger partial charge in [-0.2, -0.15) is 5.26 Å². The summed E-state index contributed by atoms with van der Waals surface area (Å²) in [6.07, 6.45) is 22.8. The van der Waals surface area contributed by atoms with E-state index in [2.05, 4.69) is 144 Å². The zero-order chi connectivity index (χ0) is 46.4. The van der Waals surface area contributed by atoms with E-state index in [1.165, 1.54) is 119 Å². The fourth-order valence-electron chi connectivity index (χ4n) is 10.0. The minimum absolute atomic E-state index is 0.246.